The number of carbonyl (C=O) groups is 2. The van der Waals surface area contributed by atoms with Gasteiger partial charge in [-0.2, -0.15) is 0 Å². The molecule has 0 spiro atoms. The first-order valence-corrected chi connectivity index (χ1v) is 5.62. The van der Waals surface area contributed by atoms with E-state index in [1.54, 1.807) is 24.3 Å². The van der Waals surface area contributed by atoms with Gasteiger partial charge in [0.15, 0.2) is 0 Å². The van der Waals surface area contributed by atoms with Crippen molar-refractivity contribution in [1.29, 1.82) is 0 Å². The lowest BCUT2D eigenvalue weighted by molar-refractivity contribution is -0.121. The zero-order valence-corrected chi connectivity index (χ0v) is 10.3. The summed E-state index contributed by atoms with van der Waals surface area (Å²) in [6.45, 7) is 0. The maximum absolute atomic E-state index is 11.2. The average molecular weight is 272 g/mol. The Kier molecular flexibility index (Phi) is 5.41. The van der Waals surface area contributed by atoms with Gasteiger partial charge in [-0.15, -0.1) is 0 Å². The topological polar surface area (TPSA) is 104 Å². The SMILES string of the molecule is NNC(=O)CC(Cc1ccc(Cl)cc1)NC(=O)O. The number of hydrazine groups is 1. The minimum absolute atomic E-state index is 0.0224. The van der Waals surface area contributed by atoms with Crippen LogP contribution in [0, 0.1) is 0 Å². The molecule has 1 atom stereocenters. The largest absolute Gasteiger partial charge is 0.465 e. The fraction of sp³-hybridized carbons (Fsp3) is 0.273. The number of hydrogen-bond donors (Lipinski definition) is 4. The highest BCUT2D eigenvalue weighted by atomic mass is 35.5. The summed E-state index contributed by atoms with van der Waals surface area (Å²) >= 11 is 5.75. The summed E-state index contributed by atoms with van der Waals surface area (Å²) in [4.78, 5) is 21.8. The van der Waals surface area contributed by atoms with E-state index < -0.39 is 18.0 Å². The normalized spacial score (nSPS) is 11.7. The van der Waals surface area contributed by atoms with Gasteiger partial charge in [-0.05, 0) is 24.1 Å². The summed E-state index contributed by atoms with van der Waals surface area (Å²) in [6, 6.07) is 6.43. The molecule has 0 aliphatic rings. The van der Waals surface area contributed by atoms with Gasteiger partial charge in [0.2, 0.25) is 5.91 Å². The van der Waals surface area contributed by atoms with Crippen LogP contribution in [0.15, 0.2) is 24.3 Å². The standard InChI is InChI=1S/C11H14ClN3O3/c12-8-3-1-7(2-4-8)5-9(14-11(17)18)6-10(16)15-13/h1-4,9,14H,5-6,13H2,(H,15,16)(H,17,18). The van der Waals surface area contributed by atoms with Crippen LogP contribution in [0.1, 0.15) is 12.0 Å². The second-order valence-corrected chi connectivity index (χ2v) is 4.19. The molecule has 5 N–H and O–H groups in total. The van der Waals surface area contributed by atoms with Crippen LogP contribution in [0.2, 0.25) is 5.02 Å². The predicted molar refractivity (Wildman–Crippen MR) is 67.1 cm³/mol. The Morgan fingerprint density at radius 1 is 1.33 bits per heavy atom. The molecule has 0 saturated carbocycles. The third-order valence-corrected chi connectivity index (χ3v) is 2.57. The van der Waals surface area contributed by atoms with E-state index in [1.807, 2.05) is 5.43 Å². The molecule has 0 aromatic heterocycles. The summed E-state index contributed by atoms with van der Waals surface area (Å²) in [6.07, 6.45) is -0.818. The van der Waals surface area contributed by atoms with E-state index in [1.165, 1.54) is 0 Å². The average Bonchev–Trinajstić information content (AvgIpc) is 2.31. The number of amides is 2. The molecule has 7 heteroatoms. The maximum atomic E-state index is 11.2. The number of benzene rings is 1. The first kappa shape index (κ1) is 14.3. The van der Waals surface area contributed by atoms with Crippen LogP contribution in [-0.2, 0) is 11.2 Å². The molecule has 0 aliphatic carbocycles. The van der Waals surface area contributed by atoms with Gasteiger partial charge in [0.1, 0.15) is 0 Å². The third-order valence-electron chi connectivity index (χ3n) is 2.32. The smallest absolute Gasteiger partial charge is 0.404 e. The third kappa shape index (κ3) is 5.03. The summed E-state index contributed by atoms with van der Waals surface area (Å²) in [7, 11) is 0. The van der Waals surface area contributed by atoms with Crippen LogP contribution in [0.5, 0.6) is 0 Å². The van der Waals surface area contributed by atoms with Gasteiger partial charge in [-0.3, -0.25) is 10.2 Å². The fourth-order valence-electron chi connectivity index (χ4n) is 1.54. The van der Waals surface area contributed by atoms with Crippen molar-refractivity contribution in [3.8, 4) is 0 Å². The van der Waals surface area contributed by atoms with Crippen molar-refractivity contribution in [2.24, 2.45) is 5.84 Å². The zero-order valence-electron chi connectivity index (χ0n) is 9.52. The lowest BCUT2D eigenvalue weighted by Gasteiger charge is -2.16. The second kappa shape index (κ2) is 6.83. The van der Waals surface area contributed by atoms with Gasteiger partial charge < -0.3 is 10.4 Å². The van der Waals surface area contributed by atoms with Crippen molar-refractivity contribution in [2.45, 2.75) is 18.9 Å². The van der Waals surface area contributed by atoms with Crippen LogP contribution in [-0.4, -0.2) is 23.1 Å². The highest BCUT2D eigenvalue weighted by Gasteiger charge is 2.16. The first-order valence-electron chi connectivity index (χ1n) is 5.24. The lowest BCUT2D eigenvalue weighted by Crippen LogP contribution is -2.41. The van der Waals surface area contributed by atoms with E-state index in [0.29, 0.717) is 11.4 Å². The molecule has 0 aliphatic heterocycles. The number of nitrogens with two attached hydrogens (primary N) is 1. The van der Waals surface area contributed by atoms with Crippen LogP contribution in [0.4, 0.5) is 4.79 Å². The number of carbonyl (C=O) groups excluding carboxylic acids is 1. The molecule has 6 nitrogen and oxygen atoms in total. The molecule has 0 bridgehead atoms. The molecule has 0 heterocycles. The van der Waals surface area contributed by atoms with E-state index in [0.717, 1.165) is 5.56 Å². The molecule has 0 fully saturated rings. The van der Waals surface area contributed by atoms with Crippen LogP contribution in [0.3, 0.4) is 0 Å². The molecule has 1 aromatic carbocycles. The van der Waals surface area contributed by atoms with Gasteiger partial charge in [0.25, 0.3) is 0 Å². The molecule has 1 rings (SSSR count). The van der Waals surface area contributed by atoms with Crippen molar-refractivity contribution < 1.29 is 14.7 Å². The minimum atomic E-state index is -1.18. The molecule has 0 radical (unpaired) electrons. The summed E-state index contributed by atoms with van der Waals surface area (Å²) in [5.74, 6) is 4.54. The predicted octanol–water partition coefficient (Wildman–Crippen LogP) is 0.899. The Morgan fingerprint density at radius 3 is 2.44 bits per heavy atom. The molecule has 1 aromatic rings. The summed E-state index contributed by atoms with van der Waals surface area (Å²) < 4.78 is 0. The summed E-state index contributed by atoms with van der Waals surface area (Å²) in [5, 5.41) is 11.6. The van der Waals surface area contributed by atoms with Crippen LogP contribution in [0.25, 0.3) is 0 Å². The minimum Gasteiger partial charge on any atom is -0.465 e. The van der Waals surface area contributed by atoms with Crippen molar-refractivity contribution in [2.75, 3.05) is 0 Å². The highest BCUT2D eigenvalue weighted by Crippen LogP contribution is 2.12. The number of halogens is 1. The Morgan fingerprint density at radius 2 is 1.94 bits per heavy atom. The first-order chi connectivity index (χ1) is 8.51. The van der Waals surface area contributed by atoms with Gasteiger partial charge in [-0.25, -0.2) is 10.6 Å². The zero-order chi connectivity index (χ0) is 13.5. The molecule has 18 heavy (non-hydrogen) atoms. The van der Waals surface area contributed by atoms with Crippen molar-refractivity contribution in [3.05, 3.63) is 34.9 Å². The van der Waals surface area contributed by atoms with E-state index >= 15 is 0 Å². The molecule has 1 unspecified atom stereocenters. The monoisotopic (exact) mass is 271 g/mol. The molecule has 98 valence electrons. The molecule has 0 saturated heterocycles. The quantitative estimate of drug-likeness (QED) is 0.363. The second-order valence-electron chi connectivity index (χ2n) is 3.75. The van der Waals surface area contributed by atoms with Crippen molar-refractivity contribution in [3.63, 3.8) is 0 Å². The van der Waals surface area contributed by atoms with E-state index in [2.05, 4.69) is 5.32 Å². The number of hydrogen-bond acceptors (Lipinski definition) is 3. The van der Waals surface area contributed by atoms with Gasteiger partial charge >= 0.3 is 6.09 Å². The fourth-order valence-corrected chi connectivity index (χ4v) is 1.66. The molecule has 2 amide bonds. The number of rotatable bonds is 5. The number of nitrogens with one attached hydrogen (secondary N) is 2. The van der Waals surface area contributed by atoms with E-state index in [9.17, 15) is 9.59 Å². The van der Waals surface area contributed by atoms with E-state index in [4.69, 9.17) is 22.6 Å². The van der Waals surface area contributed by atoms with Crippen LogP contribution < -0.4 is 16.6 Å². The van der Waals surface area contributed by atoms with E-state index in [-0.39, 0.29) is 6.42 Å². The Bertz CT molecular complexity index is 422. The number of carboxylic acid groups (broad SMARTS) is 1. The van der Waals surface area contributed by atoms with Crippen molar-refractivity contribution >= 4 is 23.6 Å². The molecular weight excluding hydrogens is 258 g/mol. The van der Waals surface area contributed by atoms with Gasteiger partial charge in [0, 0.05) is 17.5 Å². The lowest BCUT2D eigenvalue weighted by atomic mass is 10.0. The highest BCUT2D eigenvalue weighted by molar-refractivity contribution is 6.30. The Balaban J connectivity index is 2.67. The maximum Gasteiger partial charge on any atom is 0.404 e. The van der Waals surface area contributed by atoms with Gasteiger partial charge in [-0.1, -0.05) is 23.7 Å². The van der Waals surface area contributed by atoms with Gasteiger partial charge in [0.05, 0.1) is 0 Å². The van der Waals surface area contributed by atoms with Crippen LogP contribution >= 0.6 is 11.6 Å². The summed E-state index contributed by atoms with van der Waals surface area (Å²) in [5.41, 5.74) is 2.85. The Hall–Kier alpha value is -1.79. The molecular formula is C11H14ClN3O3. The Labute approximate surface area is 109 Å². The van der Waals surface area contributed by atoms with Crippen molar-refractivity contribution in [1.82, 2.24) is 10.7 Å².